The van der Waals surface area contributed by atoms with E-state index >= 15 is 0 Å². The summed E-state index contributed by atoms with van der Waals surface area (Å²) in [6.07, 6.45) is 7.35. The molecule has 0 aliphatic carbocycles. The molecule has 0 aromatic carbocycles. The summed E-state index contributed by atoms with van der Waals surface area (Å²) in [4.78, 5) is 0. The van der Waals surface area contributed by atoms with Crippen molar-refractivity contribution >= 4 is 0 Å². The number of aliphatic hydroxyl groups excluding tert-OH is 1. The van der Waals surface area contributed by atoms with Crippen LogP contribution >= 0.6 is 0 Å². The first kappa shape index (κ1) is 15.9. The van der Waals surface area contributed by atoms with E-state index in [1.165, 1.54) is 6.42 Å². The van der Waals surface area contributed by atoms with Crippen molar-refractivity contribution in [2.24, 2.45) is 0 Å². The number of unbranched alkanes of at least 4 members (excludes halogenated alkanes) is 2. The molecule has 0 aromatic heterocycles. The lowest BCUT2D eigenvalue weighted by Crippen LogP contribution is -2.24. The zero-order chi connectivity index (χ0) is 13.1. The van der Waals surface area contributed by atoms with Crippen LogP contribution in [0.1, 0.15) is 51.9 Å². The topological polar surface area (TPSA) is 47.9 Å². The minimum absolute atomic E-state index is 0.00612. The summed E-state index contributed by atoms with van der Waals surface area (Å²) in [5.74, 6) is 0. The van der Waals surface area contributed by atoms with Gasteiger partial charge in [0.05, 0.1) is 19.3 Å². The van der Waals surface area contributed by atoms with Gasteiger partial charge >= 0.3 is 0 Å². The fraction of sp³-hybridized carbons (Fsp3) is 1.00. The van der Waals surface area contributed by atoms with E-state index in [-0.39, 0.29) is 12.4 Å². The highest BCUT2D eigenvalue weighted by molar-refractivity contribution is 4.53. The van der Waals surface area contributed by atoms with Crippen LogP contribution in [0.4, 0.5) is 0 Å². The maximum absolute atomic E-state index is 9.09. The van der Waals surface area contributed by atoms with Crippen LogP contribution < -0.4 is 0 Å². The molecule has 108 valence electrons. The lowest BCUT2D eigenvalue weighted by molar-refractivity contribution is -0.169. The SMILES string of the molecule is CC(O)CCCCCOCCOC1CCCCO1. The third kappa shape index (κ3) is 8.86. The molecule has 0 amide bonds. The summed E-state index contributed by atoms with van der Waals surface area (Å²) in [6, 6.07) is 0. The minimum atomic E-state index is -0.171. The maximum atomic E-state index is 9.09. The Balaban J connectivity index is 1.75. The minimum Gasteiger partial charge on any atom is -0.393 e. The Bertz CT molecular complexity index is 179. The van der Waals surface area contributed by atoms with E-state index in [4.69, 9.17) is 19.3 Å². The van der Waals surface area contributed by atoms with Gasteiger partial charge in [-0.25, -0.2) is 0 Å². The molecule has 2 atom stereocenters. The summed E-state index contributed by atoms with van der Waals surface area (Å²) in [5.41, 5.74) is 0. The van der Waals surface area contributed by atoms with E-state index in [0.717, 1.165) is 51.7 Å². The Kier molecular flexibility index (Phi) is 9.48. The molecule has 4 nitrogen and oxygen atoms in total. The molecular weight excluding hydrogens is 232 g/mol. The van der Waals surface area contributed by atoms with Gasteiger partial charge < -0.3 is 19.3 Å². The van der Waals surface area contributed by atoms with Gasteiger partial charge in [0.25, 0.3) is 0 Å². The van der Waals surface area contributed by atoms with Crippen LogP contribution in [0.15, 0.2) is 0 Å². The number of hydrogen-bond donors (Lipinski definition) is 1. The molecule has 1 rings (SSSR count). The molecule has 1 aliphatic heterocycles. The van der Waals surface area contributed by atoms with E-state index in [1.54, 1.807) is 0 Å². The normalized spacial score (nSPS) is 22.0. The first-order valence-electron chi connectivity index (χ1n) is 7.28. The average molecular weight is 260 g/mol. The molecule has 0 bridgehead atoms. The van der Waals surface area contributed by atoms with E-state index < -0.39 is 0 Å². The molecule has 1 fully saturated rings. The van der Waals surface area contributed by atoms with Gasteiger partial charge in [-0.3, -0.25) is 0 Å². The highest BCUT2D eigenvalue weighted by atomic mass is 16.7. The molecule has 1 heterocycles. The first-order valence-corrected chi connectivity index (χ1v) is 7.28. The quantitative estimate of drug-likeness (QED) is 0.613. The summed E-state index contributed by atoms with van der Waals surface area (Å²) in [5, 5.41) is 9.09. The van der Waals surface area contributed by atoms with Crippen molar-refractivity contribution in [3.8, 4) is 0 Å². The van der Waals surface area contributed by atoms with E-state index in [2.05, 4.69) is 0 Å². The first-order chi connectivity index (χ1) is 8.79. The van der Waals surface area contributed by atoms with Crippen LogP contribution in [0.2, 0.25) is 0 Å². The largest absolute Gasteiger partial charge is 0.393 e. The van der Waals surface area contributed by atoms with Crippen LogP contribution in [-0.4, -0.2) is 43.9 Å². The molecule has 0 spiro atoms. The lowest BCUT2D eigenvalue weighted by Gasteiger charge is -2.22. The predicted octanol–water partition coefficient (Wildman–Crippen LogP) is 2.49. The van der Waals surface area contributed by atoms with Gasteiger partial charge in [-0.2, -0.15) is 0 Å². The van der Waals surface area contributed by atoms with Crippen LogP contribution in [0.5, 0.6) is 0 Å². The third-order valence-corrected chi connectivity index (χ3v) is 3.08. The van der Waals surface area contributed by atoms with Gasteiger partial charge in [-0.05, 0) is 39.0 Å². The molecule has 4 heteroatoms. The van der Waals surface area contributed by atoms with Crippen LogP contribution in [0.25, 0.3) is 0 Å². The maximum Gasteiger partial charge on any atom is 0.157 e. The monoisotopic (exact) mass is 260 g/mol. The Hall–Kier alpha value is -0.160. The van der Waals surface area contributed by atoms with Crippen LogP contribution in [0.3, 0.4) is 0 Å². The molecule has 1 aliphatic rings. The highest BCUT2D eigenvalue weighted by Crippen LogP contribution is 2.13. The number of ether oxygens (including phenoxy) is 3. The van der Waals surface area contributed by atoms with Crippen molar-refractivity contribution in [3.05, 3.63) is 0 Å². The van der Waals surface area contributed by atoms with Gasteiger partial charge in [0, 0.05) is 13.2 Å². The second kappa shape index (κ2) is 10.7. The zero-order valence-corrected chi connectivity index (χ0v) is 11.6. The summed E-state index contributed by atoms with van der Waals surface area (Å²) in [6.45, 7) is 4.72. The Morgan fingerprint density at radius 3 is 2.78 bits per heavy atom. The fourth-order valence-corrected chi connectivity index (χ4v) is 2.00. The second-order valence-electron chi connectivity index (χ2n) is 4.98. The predicted molar refractivity (Wildman–Crippen MR) is 70.5 cm³/mol. The standard InChI is InChI=1S/C14H28O4/c1-13(15)7-3-2-5-9-16-11-12-18-14-8-4-6-10-17-14/h13-15H,2-12H2,1H3. The van der Waals surface area contributed by atoms with E-state index in [0.29, 0.717) is 13.2 Å². The smallest absolute Gasteiger partial charge is 0.157 e. The van der Waals surface area contributed by atoms with Gasteiger partial charge in [-0.1, -0.05) is 12.8 Å². The fourth-order valence-electron chi connectivity index (χ4n) is 2.00. The van der Waals surface area contributed by atoms with Crippen molar-refractivity contribution in [2.45, 2.75) is 64.3 Å². The van der Waals surface area contributed by atoms with Crippen molar-refractivity contribution in [1.82, 2.24) is 0 Å². The Morgan fingerprint density at radius 1 is 1.17 bits per heavy atom. The van der Waals surface area contributed by atoms with Gasteiger partial charge in [0.2, 0.25) is 0 Å². The Labute approximate surface area is 111 Å². The van der Waals surface area contributed by atoms with Crippen molar-refractivity contribution < 1.29 is 19.3 Å². The molecule has 0 aromatic rings. The number of hydrogen-bond acceptors (Lipinski definition) is 4. The summed E-state index contributed by atoms with van der Waals surface area (Å²) >= 11 is 0. The van der Waals surface area contributed by atoms with Gasteiger partial charge in [0.15, 0.2) is 6.29 Å². The Morgan fingerprint density at radius 2 is 2.06 bits per heavy atom. The zero-order valence-electron chi connectivity index (χ0n) is 11.6. The molecule has 1 saturated heterocycles. The molecule has 18 heavy (non-hydrogen) atoms. The summed E-state index contributed by atoms with van der Waals surface area (Å²) < 4.78 is 16.5. The van der Waals surface area contributed by atoms with E-state index in [1.807, 2.05) is 6.92 Å². The lowest BCUT2D eigenvalue weighted by atomic mass is 10.1. The van der Waals surface area contributed by atoms with Crippen molar-refractivity contribution in [2.75, 3.05) is 26.4 Å². The van der Waals surface area contributed by atoms with Crippen LogP contribution in [-0.2, 0) is 14.2 Å². The van der Waals surface area contributed by atoms with Crippen molar-refractivity contribution in [1.29, 1.82) is 0 Å². The molecular formula is C14H28O4. The van der Waals surface area contributed by atoms with Gasteiger partial charge in [0.1, 0.15) is 0 Å². The highest BCUT2D eigenvalue weighted by Gasteiger charge is 2.13. The summed E-state index contributed by atoms with van der Waals surface area (Å²) in [7, 11) is 0. The number of rotatable bonds is 10. The molecule has 0 saturated carbocycles. The van der Waals surface area contributed by atoms with Gasteiger partial charge in [-0.15, -0.1) is 0 Å². The second-order valence-corrected chi connectivity index (χ2v) is 4.98. The third-order valence-electron chi connectivity index (χ3n) is 3.08. The van der Waals surface area contributed by atoms with E-state index in [9.17, 15) is 0 Å². The number of aliphatic hydroxyl groups is 1. The molecule has 0 radical (unpaired) electrons. The average Bonchev–Trinajstić information content (AvgIpc) is 2.37. The van der Waals surface area contributed by atoms with Crippen molar-refractivity contribution in [3.63, 3.8) is 0 Å². The molecule has 1 N–H and O–H groups in total. The molecule has 2 unspecified atom stereocenters. The van der Waals surface area contributed by atoms with Crippen LogP contribution in [0, 0.1) is 0 Å².